The van der Waals surface area contributed by atoms with Gasteiger partial charge in [0.05, 0.1) is 10.6 Å². The molecule has 6 nitrogen and oxygen atoms in total. The summed E-state index contributed by atoms with van der Waals surface area (Å²) in [5.74, 6) is -0.863. The van der Waals surface area contributed by atoms with Crippen LogP contribution < -0.4 is 5.32 Å². The van der Waals surface area contributed by atoms with Gasteiger partial charge in [-0.25, -0.2) is 0 Å². The maximum atomic E-state index is 13.0. The third-order valence-electron chi connectivity index (χ3n) is 6.16. The molecule has 0 bridgehead atoms. The Kier molecular flexibility index (Phi) is 6.98. The Morgan fingerprint density at radius 3 is 2.49 bits per heavy atom. The van der Waals surface area contributed by atoms with Gasteiger partial charge in [0.25, 0.3) is 11.1 Å². The van der Waals surface area contributed by atoms with E-state index in [2.05, 4.69) is 41.9 Å². The average molecular weight is 488 g/mol. The van der Waals surface area contributed by atoms with E-state index >= 15 is 0 Å². The summed E-state index contributed by atoms with van der Waals surface area (Å²) in [4.78, 5) is 39.4. The van der Waals surface area contributed by atoms with Crippen LogP contribution in [0, 0.1) is 27.7 Å². The van der Waals surface area contributed by atoms with Gasteiger partial charge in [-0.05, 0) is 92.4 Å². The molecular weight excluding hydrogens is 458 g/mol. The molecule has 3 aromatic rings. The van der Waals surface area contributed by atoms with Crippen LogP contribution in [0.25, 0.3) is 11.8 Å². The van der Waals surface area contributed by atoms with Crippen molar-refractivity contribution >= 4 is 40.6 Å². The van der Waals surface area contributed by atoms with Gasteiger partial charge < -0.3 is 9.88 Å². The molecule has 0 atom stereocenters. The van der Waals surface area contributed by atoms with Crippen LogP contribution in [0.3, 0.4) is 0 Å². The minimum atomic E-state index is -0.450. The topological polar surface area (TPSA) is 71.4 Å². The first kappa shape index (κ1) is 24.5. The number of aryl methyl sites for hydroxylation is 4. The second-order valence-corrected chi connectivity index (χ2v) is 9.78. The van der Waals surface area contributed by atoms with Gasteiger partial charge in [0, 0.05) is 17.1 Å². The highest BCUT2D eigenvalue weighted by molar-refractivity contribution is 8.18. The first-order chi connectivity index (χ1) is 16.7. The van der Waals surface area contributed by atoms with Gasteiger partial charge in [0.2, 0.25) is 5.91 Å². The number of para-hydroxylation sites is 1. The summed E-state index contributed by atoms with van der Waals surface area (Å²) < 4.78 is 2.21. The van der Waals surface area contributed by atoms with E-state index in [0.29, 0.717) is 10.6 Å². The quantitative estimate of drug-likeness (QED) is 0.436. The molecule has 1 N–H and O–H groups in total. The van der Waals surface area contributed by atoms with Crippen LogP contribution in [0.5, 0.6) is 0 Å². The molecule has 1 aliphatic rings. The normalized spacial score (nSPS) is 14.8. The number of thioether (sulfide) groups is 1. The number of rotatable bonds is 6. The first-order valence-electron chi connectivity index (χ1n) is 11.6. The summed E-state index contributed by atoms with van der Waals surface area (Å²) in [5.41, 5.74) is 8.15. The third-order valence-corrected chi connectivity index (χ3v) is 7.07. The van der Waals surface area contributed by atoms with E-state index in [0.717, 1.165) is 51.3 Å². The maximum Gasteiger partial charge on any atom is 0.294 e. The molecule has 3 amide bonds. The maximum absolute atomic E-state index is 13.0. The van der Waals surface area contributed by atoms with Crippen LogP contribution in [-0.4, -0.2) is 33.1 Å². The Balaban J connectivity index is 1.58. The van der Waals surface area contributed by atoms with E-state index in [1.165, 1.54) is 11.1 Å². The molecule has 0 unspecified atom stereocenters. The fourth-order valence-corrected chi connectivity index (χ4v) is 5.28. The van der Waals surface area contributed by atoms with Crippen molar-refractivity contribution < 1.29 is 14.4 Å². The lowest BCUT2D eigenvalue weighted by atomic mass is 10.1. The Morgan fingerprint density at radius 1 is 1.03 bits per heavy atom. The van der Waals surface area contributed by atoms with Crippen molar-refractivity contribution in [1.82, 2.24) is 9.47 Å². The van der Waals surface area contributed by atoms with Crippen molar-refractivity contribution in [3.05, 3.63) is 87.1 Å². The monoisotopic (exact) mass is 487 g/mol. The number of imide groups is 1. The molecule has 4 rings (SSSR count). The number of anilines is 1. The summed E-state index contributed by atoms with van der Waals surface area (Å²) in [6.45, 7) is 9.90. The van der Waals surface area contributed by atoms with Crippen LogP contribution in [0.4, 0.5) is 10.5 Å². The Morgan fingerprint density at radius 2 is 1.77 bits per heavy atom. The van der Waals surface area contributed by atoms with Crippen LogP contribution >= 0.6 is 11.8 Å². The van der Waals surface area contributed by atoms with Crippen LogP contribution in [0.1, 0.15) is 40.6 Å². The van der Waals surface area contributed by atoms with E-state index in [4.69, 9.17) is 0 Å². The number of carbonyl (C=O) groups excluding carboxylic acids is 3. The fourth-order valence-electron chi connectivity index (χ4n) is 4.45. The summed E-state index contributed by atoms with van der Waals surface area (Å²) >= 11 is 0.867. The lowest BCUT2D eigenvalue weighted by Gasteiger charge is -2.17. The molecule has 180 valence electrons. The number of amides is 3. The smallest absolute Gasteiger partial charge is 0.294 e. The molecular formula is C28H29N3O3S. The lowest BCUT2D eigenvalue weighted by Crippen LogP contribution is -2.36. The lowest BCUT2D eigenvalue weighted by molar-refractivity contribution is -0.127. The molecule has 1 aromatic heterocycles. The standard InChI is InChI=1S/C28H29N3O3S/c1-6-21-11-8-10-18(3)26(21)31-19(4)14-22(20(31)5)15-24-27(33)30(28(34)35-24)16-25(32)29-23-12-7-9-17(2)13-23/h7-15H,6,16H2,1-5H3,(H,29,32)/b24-15-. The SMILES string of the molecule is CCc1cccc(C)c1-n1c(C)cc(/C=C2\SC(=O)N(CC(=O)Nc3cccc(C)c3)C2=O)c1C. The molecule has 1 saturated heterocycles. The molecule has 1 fully saturated rings. The second-order valence-electron chi connectivity index (χ2n) is 8.78. The number of nitrogens with zero attached hydrogens (tertiary/aromatic N) is 2. The number of aromatic nitrogens is 1. The van der Waals surface area contributed by atoms with Gasteiger partial charge in [-0.3, -0.25) is 19.3 Å². The predicted molar refractivity (Wildman–Crippen MR) is 142 cm³/mol. The molecule has 1 aliphatic heterocycles. The number of carbonyl (C=O) groups is 3. The second kappa shape index (κ2) is 9.96. The third kappa shape index (κ3) is 4.95. The minimum Gasteiger partial charge on any atom is -0.325 e. The summed E-state index contributed by atoms with van der Waals surface area (Å²) in [6.07, 6.45) is 2.67. The summed E-state index contributed by atoms with van der Waals surface area (Å²) in [5, 5.41) is 2.31. The minimum absolute atomic E-state index is 0.319. The average Bonchev–Trinajstić information content (AvgIpc) is 3.22. The van der Waals surface area contributed by atoms with Gasteiger partial charge >= 0.3 is 0 Å². The zero-order chi connectivity index (χ0) is 25.3. The number of nitrogens with one attached hydrogen (secondary N) is 1. The van der Waals surface area contributed by atoms with Gasteiger partial charge in [-0.1, -0.05) is 37.3 Å². The zero-order valence-corrected chi connectivity index (χ0v) is 21.5. The summed E-state index contributed by atoms with van der Waals surface area (Å²) in [6, 6.07) is 15.7. The molecule has 2 aromatic carbocycles. The highest BCUT2D eigenvalue weighted by atomic mass is 32.2. The Hall–Kier alpha value is -3.58. The summed E-state index contributed by atoms with van der Waals surface area (Å²) in [7, 11) is 0. The fraction of sp³-hybridized carbons (Fsp3) is 0.250. The number of hydrogen-bond donors (Lipinski definition) is 1. The van der Waals surface area contributed by atoms with Gasteiger partial charge in [0.1, 0.15) is 6.54 Å². The zero-order valence-electron chi connectivity index (χ0n) is 20.6. The van der Waals surface area contributed by atoms with Crippen molar-refractivity contribution in [3.63, 3.8) is 0 Å². The van der Waals surface area contributed by atoms with Crippen LogP contribution in [-0.2, 0) is 16.0 Å². The van der Waals surface area contributed by atoms with E-state index in [1.807, 2.05) is 45.0 Å². The molecule has 7 heteroatoms. The molecule has 0 aliphatic carbocycles. The largest absolute Gasteiger partial charge is 0.325 e. The highest BCUT2D eigenvalue weighted by Gasteiger charge is 2.36. The van der Waals surface area contributed by atoms with Gasteiger partial charge in [0.15, 0.2) is 0 Å². The molecule has 0 saturated carbocycles. The Bertz CT molecular complexity index is 1370. The molecule has 0 radical (unpaired) electrons. The molecule has 35 heavy (non-hydrogen) atoms. The van der Waals surface area contributed by atoms with E-state index in [9.17, 15) is 14.4 Å². The van der Waals surface area contributed by atoms with Crippen molar-refractivity contribution in [2.45, 2.75) is 41.0 Å². The first-order valence-corrected chi connectivity index (χ1v) is 12.4. The van der Waals surface area contributed by atoms with Crippen molar-refractivity contribution in [2.75, 3.05) is 11.9 Å². The molecule has 2 heterocycles. The van der Waals surface area contributed by atoms with E-state index in [1.54, 1.807) is 12.1 Å². The number of hydrogen-bond acceptors (Lipinski definition) is 4. The molecule has 0 spiro atoms. The van der Waals surface area contributed by atoms with Crippen LogP contribution in [0.2, 0.25) is 0 Å². The highest BCUT2D eigenvalue weighted by Crippen LogP contribution is 2.34. The van der Waals surface area contributed by atoms with E-state index in [-0.39, 0.29) is 6.54 Å². The van der Waals surface area contributed by atoms with Crippen molar-refractivity contribution in [2.24, 2.45) is 0 Å². The number of benzene rings is 2. The van der Waals surface area contributed by atoms with E-state index < -0.39 is 17.1 Å². The van der Waals surface area contributed by atoms with Crippen molar-refractivity contribution in [1.29, 1.82) is 0 Å². The van der Waals surface area contributed by atoms with Gasteiger partial charge in [-0.15, -0.1) is 0 Å². The van der Waals surface area contributed by atoms with Gasteiger partial charge in [-0.2, -0.15) is 0 Å². The van der Waals surface area contributed by atoms with Crippen molar-refractivity contribution in [3.8, 4) is 5.69 Å². The Labute approximate surface area is 210 Å². The van der Waals surface area contributed by atoms with Crippen LogP contribution in [0.15, 0.2) is 53.4 Å². The predicted octanol–water partition coefficient (Wildman–Crippen LogP) is 5.95.